The third-order valence-corrected chi connectivity index (χ3v) is 3.55. The average Bonchev–Trinajstić information content (AvgIpc) is 2.58. The zero-order chi connectivity index (χ0) is 18.4. The quantitative estimate of drug-likeness (QED) is 0.437. The van der Waals surface area contributed by atoms with Crippen LogP contribution in [0.2, 0.25) is 0 Å². The van der Waals surface area contributed by atoms with Gasteiger partial charge in [0.1, 0.15) is 6.61 Å². The second-order valence-electron chi connectivity index (χ2n) is 5.64. The van der Waals surface area contributed by atoms with Gasteiger partial charge in [0.15, 0.2) is 5.75 Å². The summed E-state index contributed by atoms with van der Waals surface area (Å²) in [5.41, 5.74) is 2.41. The molecule has 0 aliphatic heterocycles. The number of nitro groups is 1. The number of methoxy groups -OCH3 is 1. The molecule has 0 amide bonds. The largest absolute Gasteiger partial charge is 0.493 e. The van der Waals surface area contributed by atoms with Crippen LogP contribution in [0.5, 0.6) is 11.5 Å². The minimum Gasteiger partial charge on any atom is -0.493 e. The summed E-state index contributed by atoms with van der Waals surface area (Å²) in [7, 11) is 4.98. The number of hydrogen-bond acceptors (Lipinski definition) is 6. The Morgan fingerprint density at radius 2 is 2.00 bits per heavy atom. The first kappa shape index (κ1) is 18.3. The van der Waals surface area contributed by atoms with Crippen LogP contribution in [0.15, 0.2) is 41.5 Å². The molecule has 25 heavy (non-hydrogen) atoms. The maximum Gasteiger partial charge on any atom is 0.315 e. The molecule has 0 radical (unpaired) electrons. The predicted molar refractivity (Wildman–Crippen MR) is 96.4 cm³/mol. The molecule has 0 bridgehead atoms. The van der Waals surface area contributed by atoms with Crippen molar-refractivity contribution in [2.45, 2.75) is 13.5 Å². The highest BCUT2D eigenvalue weighted by Crippen LogP contribution is 2.38. The van der Waals surface area contributed by atoms with E-state index in [1.807, 2.05) is 31.2 Å². The van der Waals surface area contributed by atoms with Crippen LogP contribution in [0.3, 0.4) is 0 Å². The lowest BCUT2D eigenvalue weighted by molar-refractivity contribution is -0.386. The van der Waals surface area contributed by atoms with Gasteiger partial charge < -0.3 is 14.5 Å². The summed E-state index contributed by atoms with van der Waals surface area (Å²) in [6.07, 6.45) is 1.53. The van der Waals surface area contributed by atoms with E-state index < -0.39 is 4.92 Å². The van der Waals surface area contributed by atoms with Crippen LogP contribution in [0, 0.1) is 17.0 Å². The molecule has 2 aromatic carbocycles. The Kier molecular flexibility index (Phi) is 5.94. The number of ether oxygens (including phenoxy) is 2. The van der Waals surface area contributed by atoms with Crippen LogP contribution in [0.25, 0.3) is 0 Å². The smallest absolute Gasteiger partial charge is 0.315 e. The molecule has 7 heteroatoms. The number of nitro benzene ring substituents is 1. The summed E-state index contributed by atoms with van der Waals surface area (Å²) in [6, 6.07) is 10.8. The van der Waals surface area contributed by atoms with E-state index in [1.165, 1.54) is 19.4 Å². The van der Waals surface area contributed by atoms with Crippen molar-refractivity contribution in [2.24, 2.45) is 5.10 Å². The molecule has 0 aliphatic rings. The fraction of sp³-hybridized carbons (Fsp3) is 0.278. The molecule has 2 aromatic rings. The molecule has 0 saturated heterocycles. The molecule has 0 fully saturated rings. The number of hydrogen-bond donors (Lipinski definition) is 0. The van der Waals surface area contributed by atoms with E-state index in [-0.39, 0.29) is 18.0 Å². The Balaban J connectivity index is 2.38. The number of hydrazone groups is 1. The van der Waals surface area contributed by atoms with E-state index in [4.69, 9.17) is 9.47 Å². The fourth-order valence-corrected chi connectivity index (χ4v) is 2.22. The van der Waals surface area contributed by atoms with E-state index in [9.17, 15) is 10.1 Å². The molecule has 0 aromatic heterocycles. The molecule has 132 valence electrons. The van der Waals surface area contributed by atoms with Crippen molar-refractivity contribution >= 4 is 11.9 Å². The van der Waals surface area contributed by atoms with Gasteiger partial charge in [0.05, 0.1) is 18.2 Å². The molecule has 0 atom stereocenters. The van der Waals surface area contributed by atoms with Crippen molar-refractivity contribution in [1.82, 2.24) is 5.01 Å². The molecular formula is C18H21N3O4. The standard InChI is InChI=1S/C18H21N3O4/c1-13-7-5-6-8-15(13)12-25-18-16(21(22)23)9-14(10-17(18)24-4)11-19-20(2)3/h5-11H,12H2,1-4H3/b19-11+. The van der Waals surface area contributed by atoms with Crippen molar-refractivity contribution in [1.29, 1.82) is 0 Å². The maximum absolute atomic E-state index is 11.5. The predicted octanol–water partition coefficient (Wildman–Crippen LogP) is 3.39. The van der Waals surface area contributed by atoms with Gasteiger partial charge in [0.25, 0.3) is 0 Å². The molecule has 0 N–H and O–H groups in total. The van der Waals surface area contributed by atoms with Gasteiger partial charge in [-0.3, -0.25) is 10.1 Å². The second-order valence-corrected chi connectivity index (χ2v) is 5.64. The third kappa shape index (κ3) is 4.69. The summed E-state index contributed by atoms with van der Waals surface area (Å²) >= 11 is 0. The van der Waals surface area contributed by atoms with E-state index in [0.717, 1.165) is 11.1 Å². The Bertz CT molecular complexity index is 788. The molecule has 0 spiro atoms. The van der Waals surface area contributed by atoms with Crippen molar-refractivity contribution in [3.05, 3.63) is 63.2 Å². The lowest BCUT2D eigenvalue weighted by Gasteiger charge is -2.13. The third-order valence-electron chi connectivity index (χ3n) is 3.55. The molecule has 0 aliphatic carbocycles. The van der Waals surface area contributed by atoms with Crippen LogP contribution in [0.1, 0.15) is 16.7 Å². The van der Waals surface area contributed by atoms with Gasteiger partial charge in [-0.05, 0) is 24.1 Å². The van der Waals surface area contributed by atoms with Crippen LogP contribution >= 0.6 is 0 Å². The van der Waals surface area contributed by atoms with Crippen molar-refractivity contribution in [3.8, 4) is 11.5 Å². The molecule has 2 rings (SSSR count). The summed E-state index contributed by atoms with van der Waals surface area (Å²) in [5, 5.41) is 17.2. The van der Waals surface area contributed by atoms with Gasteiger partial charge in [-0.15, -0.1) is 0 Å². The van der Waals surface area contributed by atoms with Crippen LogP contribution < -0.4 is 9.47 Å². The zero-order valence-electron chi connectivity index (χ0n) is 14.7. The Labute approximate surface area is 146 Å². The molecule has 0 unspecified atom stereocenters. The number of benzene rings is 2. The van der Waals surface area contributed by atoms with E-state index in [0.29, 0.717) is 11.3 Å². The first-order chi connectivity index (χ1) is 11.9. The van der Waals surface area contributed by atoms with Gasteiger partial charge in [-0.25, -0.2) is 0 Å². The highest BCUT2D eigenvalue weighted by Gasteiger charge is 2.22. The zero-order valence-corrected chi connectivity index (χ0v) is 14.7. The van der Waals surface area contributed by atoms with Crippen LogP contribution in [0.4, 0.5) is 5.69 Å². The second kappa shape index (κ2) is 8.14. The van der Waals surface area contributed by atoms with Crippen molar-refractivity contribution in [2.75, 3.05) is 21.2 Å². The van der Waals surface area contributed by atoms with Gasteiger partial charge in [-0.2, -0.15) is 5.10 Å². The van der Waals surface area contributed by atoms with Gasteiger partial charge in [-0.1, -0.05) is 24.3 Å². The minimum absolute atomic E-state index is 0.109. The summed E-state index contributed by atoms with van der Waals surface area (Å²) in [5.74, 6) is 0.403. The van der Waals surface area contributed by atoms with Crippen LogP contribution in [-0.4, -0.2) is 37.4 Å². The average molecular weight is 343 g/mol. The number of nitrogens with zero attached hydrogens (tertiary/aromatic N) is 3. The van der Waals surface area contributed by atoms with E-state index >= 15 is 0 Å². The van der Waals surface area contributed by atoms with Gasteiger partial charge >= 0.3 is 5.69 Å². The summed E-state index contributed by atoms with van der Waals surface area (Å²) in [4.78, 5) is 11.0. The topological polar surface area (TPSA) is 77.2 Å². The highest BCUT2D eigenvalue weighted by atomic mass is 16.6. The van der Waals surface area contributed by atoms with Gasteiger partial charge in [0, 0.05) is 25.7 Å². The first-order valence-corrected chi connectivity index (χ1v) is 7.67. The van der Waals surface area contributed by atoms with Crippen molar-refractivity contribution in [3.63, 3.8) is 0 Å². The van der Waals surface area contributed by atoms with Crippen LogP contribution in [-0.2, 0) is 6.61 Å². The normalized spacial score (nSPS) is 10.7. The fourth-order valence-electron chi connectivity index (χ4n) is 2.22. The molecular weight excluding hydrogens is 322 g/mol. The molecule has 0 saturated carbocycles. The van der Waals surface area contributed by atoms with Gasteiger partial charge in [0.2, 0.25) is 5.75 Å². The summed E-state index contributed by atoms with van der Waals surface area (Å²) < 4.78 is 11.0. The minimum atomic E-state index is -0.483. The van der Waals surface area contributed by atoms with Crippen molar-refractivity contribution < 1.29 is 14.4 Å². The maximum atomic E-state index is 11.5. The highest BCUT2D eigenvalue weighted by molar-refractivity contribution is 5.83. The Hall–Kier alpha value is -3.09. The first-order valence-electron chi connectivity index (χ1n) is 7.67. The Morgan fingerprint density at radius 1 is 1.28 bits per heavy atom. The lowest BCUT2D eigenvalue weighted by Crippen LogP contribution is -2.05. The number of aryl methyl sites for hydroxylation is 1. The summed E-state index contributed by atoms with van der Waals surface area (Å²) in [6.45, 7) is 2.18. The molecule has 0 heterocycles. The molecule has 7 nitrogen and oxygen atoms in total. The lowest BCUT2D eigenvalue weighted by atomic mass is 10.1. The SMILES string of the molecule is COc1cc(/C=N/N(C)C)cc([N+](=O)[O-])c1OCc1ccccc1C. The van der Waals surface area contributed by atoms with E-state index in [2.05, 4.69) is 5.10 Å². The number of rotatable bonds is 7. The monoisotopic (exact) mass is 343 g/mol. The Morgan fingerprint density at radius 3 is 2.60 bits per heavy atom. The van der Waals surface area contributed by atoms with E-state index in [1.54, 1.807) is 25.2 Å².